The Bertz CT molecular complexity index is 650. The van der Waals surface area contributed by atoms with Gasteiger partial charge in [0.2, 0.25) is 5.91 Å². The van der Waals surface area contributed by atoms with E-state index < -0.39 is 27.1 Å². The molecule has 2 rings (SSSR count). The molecule has 1 heterocycles. The van der Waals surface area contributed by atoms with E-state index in [0.29, 0.717) is 0 Å². The number of hydrazine groups is 1. The van der Waals surface area contributed by atoms with Crippen LogP contribution in [0.3, 0.4) is 0 Å². The number of halogens is 1. The Morgan fingerprint density at radius 3 is 2.65 bits per heavy atom. The predicted octanol–water partition coefficient (Wildman–Crippen LogP) is 0.532. The molecule has 0 aromatic heterocycles. The maximum atomic E-state index is 12.9. The van der Waals surface area contributed by atoms with Gasteiger partial charge in [0, 0.05) is 18.3 Å². The van der Waals surface area contributed by atoms with Gasteiger partial charge in [-0.25, -0.2) is 18.2 Å². The summed E-state index contributed by atoms with van der Waals surface area (Å²) in [6, 6.07) is 4.93. The second-order valence-electron chi connectivity index (χ2n) is 5.52. The molecule has 1 fully saturated rings. The Morgan fingerprint density at radius 1 is 1.39 bits per heavy atom. The van der Waals surface area contributed by atoms with Crippen LogP contribution in [0, 0.1) is 11.7 Å². The van der Waals surface area contributed by atoms with Crippen LogP contribution < -0.4 is 20.9 Å². The fourth-order valence-corrected chi connectivity index (χ4v) is 3.68. The molecule has 23 heavy (non-hydrogen) atoms. The van der Waals surface area contributed by atoms with Gasteiger partial charge in [0.25, 0.3) is 10.0 Å². The van der Waals surface area contributed by atoms with Crippen molar-refractivity contribution in [3.8, 4) is 0 Å². The standard InChI is InChI=1S/C14H21FN4O3S/c1-3-9(2)17-13(20)12-8-16-18-14(12)23(21,22)19-11-6-4-10(15)5-7-11/h4-7,9,12,14,16,18-19H,3,8H2,1-2H3,(H,17,20). The van der Waals surface area contributed by atoms with Crippen molar-refractivity contribution in [3.63, 3.8) is 0 Å². The fraction of sp³-hybridized carbons (Fsp3) is 0.500. The van der Waals surface area contributed by atoms with Crippen LogP contribution in [0.2, 0.25) is 0 Å². The highest BCUT2D eigenvalue weighted by Gasteiger charge is 2.42. The van der Waals surface area contributed by atoms with Crippen molar-refractivity contribution in [2.24, 2.45) is 5.92 Å². The quantitative estimate of drug-likeness (QED) is 0.603. The van der Waals surface area contributed by atoms with Crippen molar-refractivity contribution in [1.29, 1.82) is 0 Å². The number of carbonyl (C=O) groups is 1. The summed E-state index contributed by atoms with van der Waals surface area (Å²) in [6.45, 7) is 3.99. The van der Waals surface area contributed by atoms with Gasteiger partial charge in [-0.2, -0.15) is 0 Å². The summed E-state index contributed by atoms with van der Waals surface area (Å²) in [7, 11) is -3.87. The van der Waals surface area contributed by atoms with E-state index in [-0.39, 0.29) is 24.2 Å². The summed E-state index contributed by atoms with van der Waals surface area (Å²) in [6.07, 6.45) is 0.755. The number of nitrogens with one attached hydrogen (secondary N) is 4. The van der Waals surface area contributed by atoms with Crippen molar-refractivity contribution in [2.75, 3.05) is 11.3 Å². The summed E-state index contributed by atoms with van der Waals surface area (Å²) in [5.41, 5.74) is 5.56. The average Bonchev–Trinajstić information content (AvgIpc) is 3.00. The third kappa shape index (κ3) is 4.40. The summed E-state index contributed by atoms with van der Waals surface area (Å²) >= 11 is 0. The number of benzene rings is 1. The van der Waals surface area contributed by atoms with Crippen LogP contribution >= 0.6 is 0 Å². The number of hydrogen-bond donors (Lipinski definition) is 4. The van der Waals surface area contributed by atoms with E-state index in [2.05, 4.69) is 20.9 Å². The second-order valence-corrected chi connectivity index (χ2v) is 7.33. The average molecular weight is 344 g/mol. The molecule has 1 aliphatic heterocycles. The molecule has 0 spiro atoms. The summed E-state index contributed by atoms with van der Waals surface area (Å²) in [5.74, 6) is -1.55. The number of carbonyl (C=O) groups excluding carboxylic acids is 1. The van der Waals surface area contributed by atoms with E-state index in [1.807, 2.05) is 13.8 Å². The highest BCUT2D eigenvalue weighted by molar-refractivity contribution is 7.93. The molecule has 0 saturated carbocycles. The number of anilines is 1. The fourth-order valence-electron chi connectivity index (χ4n) is 2.20. The van der Waals surface area contributed by atoms with E-state index in [0.717, 1.165) is 18.6 Å². The van der Waals surface area contributed by atoms with E-state index in [1.165, 1.54) is 12.1 Å². The monoisotopic (exact) mass is 344 g/mol. The molecule has 3 unspecified atom stereocenters. The molecule has 1 saturated heterocycles. The third-order valence-electron chi connectivity index (χ3n) is 3.71. The first-order chi connectivity index (χ1) is 10.8. The highest BCUT2D eigenvalue weighted by Crippen LogP contribution is 2.19. The molecule has 128 valence electrons. The zero-order chi connectivity index (χ0) is 17.0. The number of rotatable bonds is 6. The third-order valence-corrected chi connectivity index (χ3v) is 5.34. The Morgan fingerprint density at radius 2 is 2.04 bits per heavy atom. The zero-order valence-corrected chi connectivity index (χ0v) is 13.8. The summed E-state index contributed by atoms with van der Waals surface area (Å²) in [5, 5.41) is 1.67. The molecule has 0 bridgehead atoms. The van der Waals surface area contributed by atoms with E-state index >= 15 is 0 Å². The van der Waals surface area contributed by atoms with E-state index in [9.17, 15) is 17.6 Å². The number of hydrogen-bond acceptors (Lipinski definition) is 5. The van der Waals surface area contributed by atoms with Crippen molar-refractivity contribution >= 4 is 21.6 Å². The number of amides is 1. The van der Waals surface area contributed by atoms with Crippen LogP contribution in [0.15, 0.2) is 24.3 Å². The topological polar surface area (TPSA) is 99.3 Å². The lowest BCUT2D eigenvalue weighted by atomic mass is 10.1. The first-order valence-corrected chi connectivity index (χ1v) is 8.94. The number of sulfonamides is 1. The molecule has 1 aromatic carbocycles. The first kappa shape index (κ1) is 17.6. The molecule has 1 amide bonds. The van der Waals surface area contributed by atoms with Gasteiger partial charge < -0.3 is 5.32 Å². The first-order valence-electron chi connectivity index (χ1n) is 7.39. The Balaban J connectivity index is 2.11. The minimum atomic E-state index is -3.87. The molecule has 7 nitrogen and oxygen atoms in total. The van der Waals surface area contributed by atoms with Gasteiger partial charge in [-0.15, -0.1) is 0 Å². The van der Waals surface area contributed by atoms with E-state index in [4.69, 9.17) is 0 Å². The van der Waals surface area contributed by atoms with Gasteiger partial charge in [0.1, 0.15) is 5.82 Å². The molecule has 3 atom stereocenters. The Kier molecular flexibility index (Phi) is 5.55. The molecule has 4 N–H and O–H groups in total. The van der Waals surface area contributed by atoms with Crippen LogP contribution in [-0.4, -0.2) is 32.3 Å². The van der Waals surface area contributed by atoms with Crippen molar-refractivity contribution in [2.45, 2.75) is 31.7 Å². The van der Waals surface area contributed by atoms with Crippen LogP contribution in [0.1, 0.15) is 20.3 Å². The minimum absolute atomic E-state index is 0.0310. The molecule has 1 aromatic rings. The highest BCUT2D eigenvalue weighted by atomic mass is 32.2. The van der Waals surface area contributed by atoms with Crippen molar-refractivity contribution < 1.29 is 17.6 Å². The van der Waals surface area contributed by atoms with Gasteiger partial charge in [-0.05, 0) is 37.6 Å². The maximum absolute atomic E-state index is 12.9. The molecule has 1 aliphatic rings. The van der Waals surface area contributed by atoms with Gasteiger partial charge >= 0.3 is 0 Å². The van der Waals surface area contributed by atoms with Crippen LogP contribution in [0.4, 0.5) is 10.1 Å². The Hall–Kier alpha value is -1.71. The molecular formula is C14H21FN4O3S. The van der Waals surface area contributed by atoms with E-state index in [1.54, 1.807) is 0 Å². The largest absolute Gasteiger partial charge is 0.353 e. The summed E-state index contributed by atoms with van der Waals surface area (Å²) in [4.78, 5) is 12.2. The maximum Gasteiger partial charge on any atom is 0.250 e. The molecular weight excluding hydrogens is 323 g/mol. The second kappa shape index (κ2) is 7.24. The normalized spacial score (nSPS) is 22.6. The molecule has 0 aliphatic carbocycles. The van der Waals surface area contributed by atoms with Gasteiger partial charge in [0.05, 0.1) is 5.92 Å². The smallest absolute Gasteiger partial charge is 0.250 e. The lowest BCUT2D eigenvalue weighted by molar-refractivity contribution is -0.125. The summed E-state index contributed by atoms with van der Waals surface area (Å²) < 4.78 is 40.2. The van der Waals surface area contributed by atoms with Gasteiger partial charge in [-0.3, -0.25) is 14.9 Å². The van der Waals surface area contributed by atoms with Gasteiger partial charge in [0.15, 0.2) is 5.37 Å². The van der Waals surface area contributed by atoms with Crippen LogP contribution in [0.5, 0.6) is 0 Å². The Labute approximate surface area is 135 Å². The van der Waals surface area contributed by atoms with Crippen LogP contribution in [0.25, 0.3) is 0 Å². The van der Waals surface area contributed by atoms with Crippen LogP contribution in [-0.2, 0) is 14.8 Å². The lowest BCUT2D eigenvalue weighted by Crippen LogP contribution is -2.47. The zero-order valence-electron chi connectivity index (χ0n) is 13.0. The SMILES string of the molecule is CCC(C)NC(=O)C1CNNC1S(=O)(=O)Nc1ccc(F)cc1. The van der Waals surface area contributed by atoms with Gasteiger partial charge in [-0.1, -0.05) is 6.92 Å². The van der Waals surface area contributed by atoms with Crippen molar-refractivity contribution in [1.82, 2.24) is 16.2 Å². The minimum Gasteiger partial charge on any atom is -0.353 e. The lowest BCUT2D eigenvalue weighted by Gasteiger charge is -2.21. The van der Waals surface area contributed by atoms with Crippen molar-refractivity contribution in [3.05, 3.63) is 30.1 Å². The predicted molar refractivity (Wildman–Crippen MR) is 85.3 cm³/mol. The molecule has 0 radical (unpaired) electrons. The molecule has 9 heteroatoms.